The van der Waals surface area contributed by atoms with Gasteiger partial charge in [-0.3, -0.25) is 0 Å². The van der Waals surface area contributed by atoms with E-state index < -0.39 is 15.8 Å². The minimum absolute atomic E-state index is 0.0471. The molecule has 0 bridgehead atoms. The number of carbonyl (C=O) groups excluding carboxylic acids is 1. The van der Waals surface area contributed by atoms with Crippen LogP contribution in [0.2, 0.25) is 0 Å². The van der Waals surface area contributed by atoms with Crippen LogP contribution in [0.25, 0.3) is 0 Å². The number of anilines is 1. The van der Waals surface area contributed by atoms with E-state index in [1.54, 1.807) is 13.8 Å². The molecule has 0 aromatic carbocycles. The first kappa shape index (κ1) is 14.5. The number of sulfone groups is 1. The van der Waals surface area contributed by atoms with Crippen LogP contribution in [0.5, 0.6) is 0 Å². The predicted octanol–water partition coefficient (Wildman–Crippen LogP) is 0.696. The second-order valence-electron chi connectivity index (χ2n) is 3.90. The monoisotopic (exact) mass is 276 g/mol. The second-order valence-corrected chi connectivity index (χ2v) is 6.08. The van der Waals surface area contributed by atoms with Gasteiger partial charge < -0.3 is 14.5 Å². The zero-order chi connectivity index (χ0) is 13.8. The van der Waals surface area contributed by atoms with Gasteiger partial charge in [-0.25, -0.2) is 13.2 Å². The maximum absolute atomic E-state index is 11.3. The third kappa shape index (κ3) is 4.74. The highest BCUT2D eigenvalue weighted by molar-refractivity contribution is 7.90. The lowest BCUT2D eigenvalue weighted by Crippen LogP contribution is -2.25. The molecule has 1 N–H and O–H groups in total. The summed E-state index contributed by atoms with van der Waals surface area (Å²) >= 11 is 0. The lowest BCUT2D eigenvalue weighted by molar-refractivity contribution is 0.0519. The summed E-state index contributed by atoms with van der Waals surface area (Å²) in [6.45, 7) is 3.61. The van der Waals surface area contributed by atoms with Crippen LogP contribution in [-0.4, -0.2) is 44.0 Å². The summed E-state index contributed by atoms with van der Waals surface area (Å²) < 4.78 is 31.9. The van der Waals surface area contributed by atoms with Crippen LogP contribution in [0.3, 0.4) is 0 Å². The zero-order valence-electron chi connectivity index (χ0n) is 10.5. The Morgan fingerprint density at radius 3 is 2.83 bits per heavy atom. The molecule has 1 aromatic heterocycles. The zero-order valence-corrected chi connectivity index (χ0v) is 11.3. The van der Waals surface area contributed by atoms with Gasteiger partial charge in [0, 0.05) is 12.3 Å². The maximum Gasteiger partial charge on any atom is 0.360 e. The van der Waals surface area contributed by atoms with Crippen molar-refractivity contribution in [1.82, 2.24) is 4.98 Å². The van der Waals surface area contributed by atoms with E-state index in [2.05, 4.69) is 10.3 Å². The van der Waals surface area contributed by atoms with Crippen LogP contribution in [0, 0.1) is 0 Å². The SMILES string of the molecule is CCOC(=O)c1coc(NC(C)CS(C)(=O)=O)n1. The Morgan fingerprint density at radius 1 is 1.61 bits per heavy atom. The highest BCUT2D eigenvalue weighted by Gasteiger charge is 2.16. The molecule has 0 saturated carbocycles. The van der Waals surface area contributed by atoms with Crippen molar-refractivity contribution in [3.8, 4) is 0 Å². The van der Waals surface area contributed by atoms with Crippen molar-refractivity contribution in [2.24, 2.45) is 0 Å². The lowest BCUT2D eigenvalue weighted by Gasteiger charge is -2.09. The molecule has 18 heavy (non-hydrogen) atoms. The minimum Gasteiger partial charge on any atom is -0.461 e. The Bertz CT molecular complexity index is 508. The molecule has 0 fully saturated rings. The van der Waals surface area contributed by atoms with E-state index in [4.69, 9.17) is 9.15 Å². The molecule has 7 nitrogen and oxygen atoms in total. The smallest absolute Gasteiger partial charge is 0.360 e. The Balaban J connectivity index is 2.61. The lowest BCUT2D eigenvalue weighted by atomic mass is 10.4. The molecule has 1 rings (SSSR count). The molecular formula is C10H16N2O5S. The van der Waals surface area contributed by atoms with Crippen LogP contribution >= 0.6 is 0 Å². The summed E-state index contributed by atoms with van der Waals surface area (Å²) in [5, 5.41) is 2.75. The number of nitrogens with zero attached hydrogens (tertiary/aromatic N) is 1. The molecule has 0 saturated heterocycles. The van der Waals surface area contributed by atoms with Crippen molar-refractivity contribution in [1.29, 1.82) is 0 Å². The van der Waals surface area contributed by atoms with Crippen molar-refractivity contribution in [3.63, 3.8) is 0 Å². The van der Waals surface area contributed by atoms with Gasteiger partial charge in [-0.15, -0.1) is 0 Å². The first-order valence-corrected chi connectivity index (χ1v) is 7.44. The second kappa shape index (κ2) is 5.85. The van der Waals surface area contributed by atoms with Gasteiger partial charge in [0.05, 0.1) is 12.4 Å². The van der Waals surface area contributed by atoms with E-state index in [1.165, 1.54) is 0 Å². The first-order valence-electron chi connectivity index (χ1n) is 5.38. The fourth-order valence-corrected chi connectivity index (χ4v) is 2.34. The Kier molecular flexibility index (Phi) is 4.71. The molecule has 0 spiro atoms. The summed E-state index contributed by atoms with van der Waals surface area (Å²) in [5.41, 5.74) is 0.0471. The van der Waals surface area contributed by atoms with Crippen LogP contribution in [-0.2, 0) is 14.6 Å². The van der Waals surface area contributed by atoms with Gasteiger partial charge in [0.15, 0.2) is 5.69 Å². The number of aromatic nitrogens is 1. The van der Waals surface area contributed by atoms with Crippen LogP contribution in [0.1, 0.15) is 24.3 Å². The van der Waals surface area contributed by atoms with E-state index in [-0.39, 0.29) is 30.1 Å². The Hall–Kier alpha value is -1.57. The molecular weight excluding hydrogens is 260 g/mol. The van der Waals surface area contributed by atoms with Crippen LogP contribution in [0.15, 0.2) is 10.7 Å². The largest absolute Gasteiger partial charge is 0.461 e. The summed E-state index contributed by atoms with van der Waals surface area (Å²) in [5.74, 6) is -0.630. The van der Waals surface area contributed by atoms with Gasteiger partial charge in [-0.2, -0.15) is 4.98 Å². The van der Waals surface area contributed by atoms with Gasteiger partial charge in [0.2, 0.25) is 0 Å². The normalized spacial score (nSPS) is 13.1. The number of rotatable bonds is 6. The number of hydrogen-bond acceptors (Lipinski definition) is 7. The molecule has 0 aliphatic heterocycles. The van der Waals surface area contributed by atoms with Crippen molar-refractivity contribution in [3.05, 3.63) is 12.0 Å². The van der Waals surface area contributed by atoms with Gasteiger partial charge in [-0.05, 0) is 13.8 Å². The van der Waals surface area contributed by atoms with E-state index >= 15 is 0 Å². The average Bonchev–Trinajstić information content (AvgIpc) is 2.63. The standard InChI is InChI=1S/C10H16N2O5S/c1-4-16-9(13)8-5-17-10(12-8)11-7(2)6-18(3,14)15/h5,7H,4,6H2,1-3H3,(H,11,12). The van der Waals surface area contributed by atoms with Crippen molar-refractivity contribution in [2.75, 3.05) is 23.9 Å². The van der Waals surface area contributed by atoms with Crippen LogP contribution < -0.4 is 5.32 Å². The fraction of sp³-hybridized carbons (Fsp3) is 0.600. The molecule has 0 aliphatic rings. The maximum atomic E-state index is 11.3. The predicted molar refractivity (Wildman–Crippen MR) is 65.3 cm³/mol. The summed E-state index contributed by atoms with van der Waals surface area (Å²) in [7, 11) is -3.09. The van der Waals surface area contributed by atoms with Crippen molar-refractivity contribution in [2.45, 2.75) is 19.9 Å². The summed E-state index contributed by atoms with van der Waals surface area (Å²) in [4.78, 5) is 15.2. The number of ether oxygens (including phenoxy) is 1. The van der Waals surface area contributed by atoms with Crippen LogP contribution in [0.4, 0.5) is 6.01 Å². The topological polar surface area (TPSA) is 98.5 Å². The Labute approximate surface area is 105 Å². The first-order chi connectivity index (χ1) is 8.31. The molecule has 1 atom stereocenters. The summed E-state index contributed by atoms with van der Waals surface area (Å²) in [6, 6.07) is -0.275. The van der Waals surface area contributed by atoms with E-state index in [9.17, 15) is 13.2 Å². The molecule has 102 valence electrons. The highest BCUT2D eigenvalue weighted by atomic mass is 32.2. The van der Waals surface area contributed by atoms with E-state index in [0.717, 1.165) is 12.5 Å². The average molecular weight is 276 g/mol. The Morgan fingerprint density at radius 2 is 2.28 bits per heavy atom. The molecule has 1 aromatic rings. The van der Waals surface area contributed by atoms with Gasteiger partial charge in [0.25, 0.3) is 6.01 Å². The number of hydrogen-bond donors (Lipinski definition) is 1. The molecule has 0 radical (unpaired) electrons. The van der Waals surface area contributed by atoms with Gasteiger partial charge in [0.1, 0.15) is 16.1 Å². The third-order valence-electron chi connectivity index (χ3n) is 1.91. The third-order valence-corrected chi connectivity index (χ3v) is 3.02. The number of nitrogens with one attached hydrogen (secondary N) is 1. The highest BCUT2D eigenvalue weighted by Crippen LogP contribution is 2.10. The molecule has 0 amide bonds. The fourth-order valence-electron chi connectivity index (χ4n) is 1.35. The quantitative estimate of drug-likeness (QED) is 0.763. The van der Waals surface area contributed by atoms with Crippen molar-refractivity contribution >= 4 is 21.8 Å². The van der Waals surface area contributed by atoms with E-state index in [0.29, 0.717) is 0 Å². The number of esters is 1. The molecule has 1 heterocycles. The van der Waals surface area contributed by atoms with E-state index in [1.807, 2.05) is 0 Å². The molecule has 0 aliphatic carbocycles. The number of oxazole rings is 1. The minimum atomic E-state index is -3.09. The van der Waals surface area contributed by atoms with Crippen molar-refractivity contribution < 1.29 is 22.4 Å². The van der Waals surface area contributed by atoms with Gasteiger partial charge >= 0.3 is 5.97 Å². The number of carbonyl (C=O) groups is 1. The summed E-state index contributed by atoms with van der Waals surface area (Å²) in [6.07, 6.45) is 2.30. The molecule has 1 unspecified atom stereocenters. The van der Waals surface area contributed by atoms with Gasteiger partial charge in [-0.1, -0.05) is 0 Å². The molecule has 8 heteroatoms.